The first-order valence-corrected chi connectivity index (χ1v) is 10.1. The molecule has 0 saturated carbocycles. The smallest absolute Gasteiger partial charge is 0.273 e. The number of rotatable bonds is 6. The first-order valence-electron chi connectivity index (χ1n) is 8.85. The topological polar surface area (TPSA) is 45.7 Å². The summed E-state index contributed by atoms with van der Waals surface area (Å²) in [7, 11) is 0. The van der Waals surface area contributed by atoms with Gasteiger partial charge in [0.1, 0.15) is 23.1 Å². The molecule has 7 heteroatoms. The van der Waals surface area contributed by atoms with E-state index < -0.39 is 0 Å². The number of hydrogen-bond donors (Lipinski definition) is 0. The monoisotopic (exact) mass is 393 g/mol. The quantitative estimate of drug-likeness (QED) is 0.749. The van der Waals surface area contributed by atoms with Crippen LogP contribution < -0.4 is 4.74 Å². The Morgan fingerprint density at radius 1 is 1.23 bits per heavy atom. The summed E-state index contributed by atoms with van der Waals surface area (Å²) in [5, 5.41) is 3.29. The van der Waals surface area contributed by atoms with Gasteiger partial charge in [-0.05, 0) is 30.2 Å². The van der Waals surface area contributed by atoms with E-state index >= 15 is 0 Å². The molecule has 2 heterocycles. The molecule has 1 fully saturated rings. The fraction of sp³-hybridized carbons (Fsp3) is 0.474. The van der Waals surface area contributed by atoms with E-state index in [1.165, 1.54) is 11.3 Å². The van der Waals surface area contributed by atoms with Crippen molar-refractivity contribution < 1.29 is 9.53 Å². The van der Waals surface area contributed by atoms with E-state index in [-0.39, 0.29) is 5.91 Å². The number of amides is 1. The van der Waals surface area contributed by atoms with Crippen molar-refractivity contribution in [3.63, 3.8) is 0 Å². The number of carbonyl (C=O) groups excluding carboxylic acids is 1. The highest BCUT2D eigenvalue weighted by Gasteiger charge is 2.24. The van der Waals surface area contributed by atoms with Gasteiger partial charge in [0, 0.05) is 43.1 Å². The maximum atomic E-state index is 12.6. The van der Waals surface area contributed by atoms with E-state index in [0.29, 0.717) is 23.2 Å². The molecule has 0 radical (unpaired) electrons. The first kappa shape index (κ1) is 19.1. The van der Waals surface area contributed by atoms with Crippen molar-refractivity contribution in [3.8, 4) is 5.75 Å². The van der Waals surface area contributed by atoms with Gasteiger partial charge in [0.25, 0.3) is 5.91 Å². The third kappa shape index (κ3) is 5.19. The second-order valence-corrected chi connectivity index (χ2v) is 8.23. The van der Waals surface area contributed by atoms with Crippen LogP contribution in [0.1, 0.15) is 29.3 Å². The highest BCUT2D eigenvalue weighted by Crippen LogP contribution is 2.19. The zero-order valence-corrected chi connectivity index (χ0v) is 16.7. The van der Waals surface area contributed by atoms with Crippen LogP contribution in [0.4, 0.5) is 0 Å². The van der Waals surface area contributed by atoms with E-state index in [1.54, 1.807) is 12.1 Å². The number of ether oxygens (including phenoxy) is 1. The Morgan fingerprint density at radius 3 is 2.58 bits per heavy atom. The number of piperazine rings is 1. The average molecular weight is 394 g/mol. The fourth-order valence-electron chi connectivity index (χ4n) is 2.96. The Labute approximate surface area is 163 Å². The highest BCUT2D eigenvalue weighted by molar-refractivity contribution is 7.09. The van der Waals surface area contributed by atoms with E-state index in [9.17, 15) is 4.79 Å². The van der Waals surface area contributed by atoms with Crippen molar-refractivity contribution >= 4 is 28.8 Å². The fourth-order valence-corrected chi connectivity index (χ4v) is 3.77. The highest BCUT2D eigenvalue weighted by atomic mass is 35.5. The van der Waals surface area contributed by atoms with Crippen molar-refractivity contribution in [1.29, 1.82) is 0 Å². The predicted octanol–water partition coefficient (Wildman–Crippen LogP) is 3.79. The van der Waals surface area contributed by atoms with Gasteiger partial charge in [-0.15, -0.1) is 11.3 Å². The molecule has 0 bridgehead atoms. The molecule has 1 aromatic heterocycles. The van der Waals surface area contributed by atoms with Crippen LogP contribution in [-0.4, -0.2) is 53.4 Å². The summed E-state index contributed by atoms with van der Waals surface area (Å²) in [6.07, 6.45) is 0. The van der Waals surface area contributed by atoms with Gasteiger partial charge in [0.15, 0.2) is 0 Å². The molecule has 1 aliphatic rings. The first-order chi connectivity index (χ1) is 12.5. The Hall–Kier alpha value is -1.63. The molecular formula is C19H24ClN3O2S. The van der Waals surface area contributed by atoms with Gasteiger partial charge in [0.05, 0.1) is 0 Å². The molecule has 3 rings (SSSR count). The molecule has 0 atom stereocenters. The zero-order valence-electron chi connectivity index (χ0n) is 15.2. The normalized spacial score (nSPS) is 15.5. The van der Waals surface area contributed by atoms with Gasteiger partial charge in [-0.2, -0.15) is 0 Å². The van der Waals surface area contributed by atoms with Crippen LogP contribution in [0.3, 0.4) is 0 Å². The summed E-state index contributed by atoms with van der Waals surface area (Å²) in [5.41, 5.74) is 0.516. The van der Waals surface area contributed by atoms with E-state index in [1.807, 2.05) is 22.4 Å². The number of halogens is 1. The Kier molecular flexibility index (Phi) is 6.51. The number of thiazole rings is 1. The minimum atomic E-state index is 0.0168. The lowest BCUT2D eigenvalue weighted by Gasteiger charge is -2.35. The summed E-state index contributed by atoms with van der Waals surface area (Å²) >= 11 is 7.32. The predicted molar refractivity (Wildman–Crippen MR) is 105 cm³/mol. The second kappa shape index (κ2) is 8.84. The summed E-state index contributed by atoms with van der Waals surface area (Å²) in [5.74, 6) is 1.40. The third-order valence-corrected chi connectivity index (χ3v) is 5.30. The van der Waals surface area contributed by atoms with Crippen LogP contribution in [0.5, 0.6) is 5.75 Å². The van der Waals surface area contributed by atoms with Crippen LogP contribution in [0, 0.1) is 5.92 Å². The molecule has 1 saturated heterocycles. The summed E-state index contributed by atoms with van der Waals surface area (Å²) in [6.45, 7) is 9.27. The van der Waals surface area contributed by atoms with Gasteiger partial charge in [-0.25, -0.2) is 4.98 Å². The maximum absolute atomic E-state index is 12.6. The molecule has 0 unspecified atom stereocenters. The van der Waals surface area contributed by atoms with Crippen molar-refractivity contribution in [2.45, 2.75) is 20.5 Å². The average Bonchev–Trinajstić information content (AvgIpc) is 3.10. The Bertz CT molecular complexity index is 725. The molecule has 140 valence electrons. The van der Waals surface area contributed by atoms with E-state index in [2.05, 4.69) is 23.7 Å². The van der Waals surface area contributed by atoms with E-state index in [4.69, 9.17) is 16.3 Å². The van der Waals surface area contributed by atoms with Crippen molar-refractivity contribution in [3.05, 3.63) is 45.4 Å². The van der Waals surface area contributed by atoms with Gasteiger partial charge >= 0.3 is 0 Å². The third-order valence-electron chi connectivity index (χ3n) is 4.23. The standard InChI is InChI=1S/C19H24ClN3O2S/c1-14(2)11-22-7-9-23(10-8-22)19(24)17-13-26-18(21-17)12-25-16-5-3-15(20)4-6-16/h3-6,13-14H,7-12H2,1-2H3. The Morgan fingerprint density at radius 2 is 1.92 bits per heavy atom. The molecule has 1 aliphatic heterocycles. The van der Waals surface area contributed by atoms with Crippen molar-refractivity contribution in [1.82, 2.24) is 14.8 Å². The lowest BCUT2D eigenvalue weighted by molar-refractivity contribution is 0.0618. The number of nitrogens with zero attached hydrogens (tertiary/aromatic N) is 3. The second-order valence-electron chi connectivity index (χ2n) is 6.86. The van der Waals surface area contributed by atoms with Crippen LogP contribution in [0.25, 0.3) is 0 Å². The molecule has 0 spiro atoms. The Balaban J connectivity index is 1.51. The maximum Gasteiger partial charge on any atom is 0.273 e. The number of benzene rings is 1. The largest absolute Gasteiger partial charge is 0.486 e. The van der Waals surface area contributed by atoms with Crippen molar-refractivity contribution in [2.75, 3.05) is 32.7 Å². The van der Waals surface area contributed by atoms with E-state index in [0.717, 1.165) is 43.5 Å². The lowest BCUT2D eigenvalue weighted by Crippen LogP contribution is -2.49. The summed E-state index contributed by atoms with van der Waals surface area (Å²) in [4.78, 5) is 21.4. The van der Waals surface area contributed by atoms with Crippen LogP contribution in [0.15, 0.2) is 29.6 Å². The molecule has 5 nitrogen and oxygen atoms in total. The van der Waals surface area contributed by atoms with Crippen LogP contribution in [-0.2, 0) is 6.61 Å². The zero-order chi connectivity index (χ0) is 18.5. The summed E-state index contributed by atoms with van der Waals surface area (Å²) in [6, 6.07) is 7.20. The number of hydrogen-bond acceptors (Lipinski definition) is 5. The minimum Gasteiger partial charge on any atom is -0.486 e. The van der Waals surface area contributed by atoms with Gasteiger partial charge < -0.3 is 9.64 Å². The van der Waals surface area contributed by atoms with Crippen LogP contribution in [0.2, 0.25) is 5.02 Å². The number of aromatic nitrogens is 1. The molecule has 0 N–H and O–H groups in total. The molecular weight excluding hydrogens is 370 g/mol. The SMILES string of the molecule is CC(C)CN1CCN(C(=O)c2csc(COc3ccc(Cl)cc3)n2)CC1. The number of carbonyl (C=O) groups is 1. The lowest BCUT2D eigenvalue weighted by atomic mass is 10.2. The molecule has 26 heavy (non-hydrogen) atoms. The van der Waals surface area contributed by atoms with Gasteiger partial charge in [-0.3, -0.25) is 9.69 Å². The minimum absolute atomic E-state index is 0.0168. The van der Waals surface area contributed by atoms with Gasteiger partial charge in [0.2, 0.25) is 0 Å². The summed E-state index contributed by atoms with van der Waals surface area (Å²) < 4.78 is 5.69. The van der Waals surface area contributed by atoms with Gasteiger partial charge in [-0.1, -0.05) is 25.4 Å². The van der Waals surface area contributed by atoms with Crippen molar-refractivity contribution in [2.24, 2.45) is 5.92 Å². The molecule has 0 aliphatic carbocycles. The molecule has 1 aromatic carbocycles. The van der Waals surface area contributed by atoms with Crippen LogP contribution >= 0.6 is 22.9 Å². The molecule has 2 aromatic rings. The molecule has 1 amide bonds.